The predicted octanol–water partition coefficient (Wildman–Crippen LogP) is 7.66. The van der Waals surface area contributed by atoms with E-state index in [4.69, 9.17) is 23.7 Å². The molecule has 41 heavy (non-hydrogen) atoms. The van der Waals surface area contributed by atoms with Crippen LogP contribution in [0.4, 0.5) is 0 Å². The summed E-state index contributed by atoms with van der Waals surface area (Å²) >= 11 is 0. The molecular weight excluding hydrogens is 536 g/mol. The van der Waals surface area contributed by atoms with Crippen molar-refractivity contribution in [2.45, 2.75) is 97.2 Å². The lowest BCUT2D eigenvalue weighted by molar-refractivity contribution is -0.144. The van der Waals surface area contributed by atoms with Gasteiger partial charge in [0.05, 0.1) is 6.10 Å². The first-order chi connectivity index (χ1) is 19.2. The van der Waals surface area contributed by atoms with E-state index in [-0.39, 0.29) is 35.9 Å². The van der Waals surface area contributed by atoms with Crippen LogP contribution in [0.15, 0.2) is 65.8 Å². The monoisotopic (exact) mass is 588 g/mol. The van der Waals surface area contributed by atoms with E-state index in [9.17, 15) is 9.59 Å². The molecule has 0 aliphatic rings. The first kappa shape index (κ1) is 36.7. The molecule has 0 heterocycles. The zero-order valence-corrected chi connectivity index (χ0v) is 27.7. The van der Waals surface area contributed by atoms with Crippen molar-refractivity contribution in [1.82, 2.24) is 0 Å². The van der Waals surface area contributed by atoms with Crippen LogP contribution < -0.4 is 0 Å². The van der Waals surface area contributed by atoms with Crippen LogP contribution in [-0.2, 0) is 28.2 Å². The fraction of sp³-hybridized carbons (Fsp3) is 0.576. The van der Waals surface area contributed by atoms with Crippen LogP contribution in [0.3, 0.4) is 0 Å². The first-order valence-corrected chi connectivity index (χ1v) is 17.2. The van der Waals surface area contributed by atoms with E-state index in [2.05, 4.69) is 46.0 Å². The highest BCUT2D eigenvalue weighted by Gasteiger charge is 2.41. The number of methoxy groups -OCH3 is 2. The van der Waals surface area contributed by atoms with Crippen LogP contribution in [0.25, 0.3) is 0 Å². The molecule has 1 aromatic carbocycles. The van der Waals surface area contributed by atoms with Crippen molar-refractivity contribution in [3.05, 3.63) is 71.3 Å². The minimum absolute atomic E-state index is 0.0350. The fourth-order valence-electron chi connectivity index (χ4n) is 3.98. The lowest BCUT2D eigenvalue weighted by Crippen LogP contribution is -2.44. The quantitative estimate of drug-likeness (QED) is 0.0470. The van der Waals surface area contributed by atoms with Gasteiger partial charge in [-0.2, -0.15) is 0 Å². The smallest absolute Gasteiger partial charge is 0.314 e. The summed E-state index contributed by atoms with van der Waals surface area (Å²) in [5.74, 6) is -2.48. The molecule has 0 bridgehead atoms. The number of ketones is 1. The van der Waals surface area contributed by atoms with E-state index in [0.717, 1.165) is 24.0 Å². The zero-order chi connectivity index (χ0) is 31.2. The second-order valence-electron chi connectivity index (χ2n) is 12.0. The van der Waals surface area contributed by atoms with Crippen molar-refractivity contribution < 1.29 is 33.3 Å². The fourth-order valence-corrected chi connectivity index (χ4v) is 5.24. The molecule has 0 aliphatic carbocycles. The Bertz CT molecular complexity index is 1040. The summed E-state index contributed by atoms with van der Waals surface area (Å²) in [5, 5.41) is 9.10. The Balaban J connectivity index is 3.06. The number of aliphatic carboxylic acids is 1. The van der Waals surface area contributed by atoms with E-state index < -0.39 is 20.2 Å². The zero-order valence-electron chi connectivity index (χ0n) is 26.7. The van der Waals surface area contributed by atoms with Gasteiger partial charge in [0.25, 0.3) is 0 Å². The van der Waals surface area contributed by atoms with Crippen molar-refractivity contribution in [3.63, 3.8) is 0 Å². The Kier molecular flexibility index (Phi) is 15.7. The molecule has 230 valence electrons. The van der Waals surface area contributed by atoms with Crippen LogP contribution in [0.1, 0.15) is 72.5 Å². The SMILES string of the molecule is COCO[C@H](/C=C/C=C(\C)C(CCC/C=C(\C)C(=O)C(C)C(=O)O)OC)[C@H](O[Si](C)(C)C(C)(C)C)c1ccccc1. The number of rotatable bonds is 18. The molecule has 7 nitrogen and oxygen atoms in total. The van der Waals surface area contributed by atoms with E-state index in [1.54, 1.807) is 21.1 Å². The van der Waals surface area contributed by atoms with Gasteiger partial charge in [0, 0.05) is 14.2 Å². The van der Waals surface area contributed by atoms with Gasteiger partial charge in [0.15, 0.2) is 14.1 Å². The predicted molar refractivity (Wildman–Crippen MR) is 167 cm³/mol. The molecule has 0 aromatic heterocycles. The number of hydrogen-bond donors (Lipinski definition) is 1. The Hall–Kier alpha value is -2.36. The van der Waals surface area contributed by atoms with Crippen molar-refractivity contribution in [3.8, 4) is 0 Å². The molecule has 0 saturated heterocycles. The maximum absolute atomic E-state index is 12.2. The highest BCUT2D eigenvalue weighted by molar-refractivity contribution is 6.74. The number of hydrogen-bond acceptors (Lipinski definition) is 6. The Morgan fingerprint density at radius 1 is 1.07 bits per heavy atom. The standard InChI is InChI=1S/C33H52O7Si/c1-24(28(38-8)21-15-14-17-25(2)30(34)26(3)32(35)36)18-16-22-29(39-23-37-7)31(27-19-12-11-13-20-27)40-41(9,10)33(4,5)6/h11-13,16-20,22,26,28-29,31H,14-15,21,23H2,1-10H3,(H,35,36)/b22-16+,24-18+,25-17+/t26?,28?,29-,31-/m1/s1. The lowest BCUT2D eigenvalue weighted by Gasteiger charge is -2.41. The van der Waals surface area contributed by atoms with Crippen molar-refractivity contribution in [2.24, 2.45) is 5.92 Å². The third kappa shape index (κ3) is 12.2. The average molecular weight is 589 g/mol. The minimum Gasteiger partial charge on any atom is -0.481 e. The van der Waals surface area contributed by atoms with Gasteiger partial charge in [0.2, 0.25) is 0 Å². The molecule has 0 saturated carbocycles. The van der Waals surface area contributed by atoms with Crippen molar-refractivity contribution in [1.29, 1.82) is 0 Å². The first-order valence-electron chi connectivity index (χ1n) is 14.3. The highest BCUT2D eigenvalue weighted by Crippen LogP contribution is 2.41. The molecule has 0 amide bonds. The van der Waals surface area contributed by atoms with Crippen LogP contribution in [0.5, 0.6) is 0 Å². The lowest BCUT2D eigenvalue weighted by atomic mass is 9.98. The van der Waals surface area contributed by atoms with Crippen LogP contribution in [0, 0.1) is 5.92 Å². The number of carbonyl (C=O) groups is 2. The number of allylic oxidation sites excluding steroid dienone is 4. The van der Waals surface area contributed by atoms with Crippen LogP contribution >= 0.6 is 0 Å². The van der Waals surface area contributed by atoms with Gasteiger partial charge in [-0.15, -0.1) is 0 Å². The summed E-state index contributed by atoms with van der Waals surface area (Å²) in [6, 6.07) is 10.2. The van der Waals surface area contributed by atoms with E-state index in [1.165, 1.54) is 6.92 Å². The average Bonchev–Trinajstić information content (AvgIpc) is 2.92. The number of carbonyl (C=O) groups excluding carboxylic acids is 1. The molecule has 8 heteroatoms. The highest BCUT2D eigenvalue weighted by atomic mass is 28.4. The Morgan fingerprint density at radius 2 is 1.71 bits per heavy atom. The van der Waals surface area contributed by atoms with Gasteiger partial charge < -0.3 is 23.7 Å². The molecule has 4 atom stereocenters. The number of Topliss-reactive ketones (excluding diaryl/α,β-unsaturated/α-hetero) is 1. The molecule has 1 N–H and O–H groups in total. The van der Waals surface area contributed by atoms with Gasteiger partial charge in [-0.1, -0.05) is 75.4 Å². The van der Waals surface area contributed by atoms with E-state index in [0.29, 0.717) is 12.0 Å². The number of unbranched alkanes of at least 4 members (excludes halogenated alkanes) is 1. The van der Waals surface area contributed by atoms with Crippen LogP contribution in [-0.4, -0.2) is 58.4 Å². The van der Waals surface area contributed by atoms with Crippen molar-refractivity contribution >= 4 is 20.1 Å². The number of carboxylic acids is 1. The summed E-state index contributed by atoms with van der Waals surface area (Å²) in [6.07, 6.45) is 9.34. The van der Waals surface area contributed by atoms with Crippen molar-refractivity contribution in [2.75, 3.05) is 21.0 Å². The third-order valence-corrected chi connectivity index (χ3v) is 12.2. The summed E-state index contributed by atoms with van der Waals surface area (Å²) in [4.78, 5) is 23.2. The Morgan fingerprint density at radius 3 is 2.24 bits per heavy atom. The number of carboxylic acid groups (broad SMARTS) is 1. The molecule has 0 spiro atoms. The molecule has 1 aromatic rings. The van der Waals surface area contributed by atoms with E-state index >= 15 is 0 Å². The van der Waals surface area contributed by atoms with Gasteiger partial charge in [0.1, 0.15) is 24.9 Å². The summed E-state index contributed by atoms with van der Waals surface area (Å²) in [6.45, 7) is 16.4. The van der Waals surface area contributed by atoms with Gasteiger partial charge in [-0.25, -0.2) is 0 Å². The minimum atomic E-state index is -2.13. The third-order valence-electron chi connectivity index (χ3n) is 7.76. The topological polar surface area (TPSA) is 91.3 Å². The number of benzene rings is 1. The second kappa shape index (κ2) is 17.6. The second-order valence-corrected chi connectivity index (χ2v) is 16.8. The van der Waals surface area contributed by atoms with Crippen LogP contribution in [0.2, 0.25) is 18.1 Å². The van der Waals surface area contributed by atoms with Gasteiger partial charge >= 0.3 is 5.97 Å². The molecule has 0 fully saturated rings. The molecular formula is C33H52O7Si. The summed E-state index contributed by atoms with van der Waals surface area (Å²) in [5.41, 5.74) is 2.60. The van der Waals surface area contributed by atoms with E-state index in [1.807, 2.05) is 49.4 Å². The largest absolute Gasteiger partial charge is 0.481 e. The number of ether oxygens (including phenoxy) is 3. The maximum Gasteiger partial charge on any atom is 0.314 e. The molecule has 0 aliphatic heterocycles. The summed E-state index contributed by atoms with van der Waals surface area (Å²) in [7, 11) is 1.17. The van der Waals surface area contributed by atoms with Gasteiger partial charge in [-0.3, -0.25) is 9.59 Å². The molecule has 2 unspecified atom stereocenters. The molecule has 0 radical (unpaired) electrons. The normalized spacial score (nSPS) is 16.4. The summed E-state index contributed by atoms with van der Waals surface area (Å²) < 4.78 is 24.0. The Labute approximate surface area is 248 Å². The van der Waals surface area contributed by atoms with Gasteiger partial charge in [-0.05, 0) is 74.9 Å². The molecule has 1 rings (SSSR count). The maximum atomic E-state index is 12.2.